The molecule has 0 bridgehead atoms. The van der Waals surface area contributed by atoms with Crippen LogP contribution < -0.4 is 4.74 Å². The first-order valence-electron chi connectivity index (χ1n) is 4.63. The highest BCUT2D eigenvalue weighted by molar-refractivity contribution is 14.1. The van der Waals surface area contributed by atoms with Gasteiger partial charge in [-0.05, 0) is 35.6 Å². The van der Waals surface area contributed by atoms with Crippen molar-refractivity contribution in [3.63, 3.8) is 0 Å². The fraction of sp³-hybridized carbons (Fsp3) is 0.400. The predicted molar refractivity (Wildman–Crippen MR) is 66.3 cm³/mol. The second kappa shape index (κ2) is 6.10. The highest BCUT2D eigenvalue weighted by Gasteiger charge is 2.34. The number of rotatable bonds is 4. The molecule has 17 heavy (non-hydrogen) atoms. The van der Waals surface area contributed by atoms with Crippen LogP contribution in [0.25, 0.3) is 0 Å². The molecule has 0 N–H and O–H groups in total. The first-order valence-corrected chi connectivity index (χ1v) is 6.08. The minimum Gasteiger partial charge on any atom is -0.466 e. The summed E-state index contributed by atoms with van der Waals surface area (Å²) in [6.07, 6.45) is -4.45. The van der Waals surface area contributed by atoms with E-state index in [0.717, 1.165) is 6.07 Å². The van der Waals surface area contributed by atoms with Crippen molar-refractivity contribution in [2.75, 3.05) is 13.4 Å². The van der Waals surface area contributed by atoms with Crippen LogP contribution in [0.4, 0.5) is 13.2 Å². The number of benzene rings is 1. The quantitative estimate of drug-likeness (QED) is 0.440. The molecular weight excluding hydrogens is 371 g/mol. The monoisotopic (exact) mass is 380 g/mol. The number of hydrogen-bond donors (Lipinski definition) is 0. The standard InChI is InChI=1S/C10H9ClF3IO2/c1-2-16-5-17-8-4-6(11)3-7(9(8)15)10(12,13)14/h3-4H,2,5H2,1H3. The lowest BCUT2D eigenvalue weighted by Gasteiger charge is -2.14. The molecule has 0 radical (unpaired) electrons. The average Bonchev–Trinajstić information content (AvgIpc) is 2.21. The fourth-order valence-electron chi connectivity index (χ4n) is 1.06. The predicted octanol–water partition coefficient (Wildman–Crippen LogP) is 4.34. The third-order valence-electron chi connectivity index (χ3n) is 1.81. The maximum atomic E-state index is 12.6. The SMILES string of the molecule is CCOCOc1cc(Cl)cc(C(F)(F)F)c1I. The van der Waals surface area contributed by atoms with Crippen LogP contribution in [0, 0.1) is 3.57 Å². The van der Waals surface area contributed by atoms with Gasteiger partial charge in [-0.25, -0.2) is 0 Å². The van der Waals surface area contributed by atoms with E-state index in [2.05, 4.69) is 0 Å². The van der Waals surface area contributed by atoms with E-state index in [0.29, 0.717) is 6.61 Å². The molecule has 1 aromatic carbocycles. The van der Waals surface area contributed by atoms with Gasteiger partial charge in [-0.15, -0.1) is 0 Å². The molecule has 1 aromatic rings. The molecule has 0 fully saturated rings. The van der Waals surface area contributed by atoms with Crippen LogP contribution in [0.5, 0.6) is 5.75 Å². The van der Waals surface area contributed by atoms with Crippen LogP contribution in [0.3, 0.4) is 0 Å². The molecule has 0 unspecified atom stereocenters. The van der Waals surface area contributed by atoms with Crippen molar-refractivity contribution in [2.45, 2.75) is 13.1 Å². The van der Waals surface area contributed by atoms with Crippen molar-refractivity contribution >= 4 is 34.2 Å². The fourth-order valence-corrected chi connectivity index (χ4v) is 2.05. The van der Waals surface area contributed by atoms with Gasteiger partial charge in [0.2, 0.25) is 0 Å². The zero-order valence-electron chi connectivity index (χ0n) is 8.78. The Morgan fingerprint density at radius 3 is 2.53 bits per heavy atom. The molecule has 0 atom stereocenters. The van der Waals surface area contributed by atoms with E-state index >= 15 is 0 Å². The Balaban J connectivity index is 3.02. The number of alkyl halides is 3. The smallest absolute Gasteiger partial charge is 0.417 e. The Bertz CT molecular complexity index is 396. The minimum absolute atomic E-state index is 0.0239. The van der Waals surface area contributed by atoms with Gasteiger partial charge in [-0.1, -0.05) is 11.6 Å². The Labute approximate surface area is 115 Å². The molecule has 0 spiro atoms. The summed E-state index contributed by atoms with van der Waals surface area (Å²) in [6, 6.07) is 2.20. The molecule has 0 heterocycles. The van der Waals surface area contributed by atoms with Crippen LogP contribution >= 0.6 is 34.2 Å². The lowest BCUT2D eigenvalue weighted by Crippen LogP contribution is -2.10. The van der Waals surface area contributed by atoms with E-state index in [9.17, 15) is 13.2 Å². The van der Waals surface area contributed by atoms with Gasteiger partial charge in [-0.3, -0.25) is 0 Å². The molecular formula is C10H9ClF3IO2. The van der Waals surface area contributed by atoms with Gasteiger partial charge in [0.1, 0.15) is 5.75 Å². The molecule has 0 saturated carbocycles. The van der Waals surface area contributed by atoms with Crippen LogP contribution in [0.1, 0.15) is 12.5 Å². The van der Waals surface area contributed by atoms with Crippen molar-refractivity contribution in [1.82, 2.24) is 0 Å². The Hall–Kier alpha value is -0.210. The van der Waals surface area contributed by atoms with Crippen molar-refractivity contribution < 1.29 is 22.6 Å². The Morgan fingerprint density at radius 2 is 2.00 bits per heavy atom. The molecule has 7 heteroatoms. The van der Waals surface area contributed by atoms with E-state index in [-0.39, 0.29) is 21.1 Å². The third kappa shape index (κ3) is 4.18. The summed E-state index contributed by atoms with van der Waals surface area (Å²) in [7, 11) is 0. The summed E-state index contributed by atoms with van der Waals surface area (Å²) >= 11 is 7.19. The first kappa shape index (κ1) is 14.8. The Kier molecular flexibility index (Phi) is 5.33. The summed E-state index contributed by atoms with van der Waals surface area (Å²) in [4.78, 5) is 0. The minimum atomic E-state index is -4.45. The van der Waals surface area contributed by atoms with Crippen molar-refractivity contribution in [3.8, 4) is 5.75 Å². The molecule has 2 nitrogen and oxygen atoms in total. The van der Waals surface area contributed by atoms with Crippen LogP contribution in [0.15, 0.2) is 12.1 Å². The van der Waals surface area contributed by atoms with E-state index in [1.165, 1.54) is 6.07 Å². The number of halogens is 5. The molecule has 0 amide bonds. The second-order valence-corrected chi connectivity index (χ2v) is 4.53. The Morgan fingerprint density at radius 1 is 1.35 bits per heavy atom. The molecule has 0 saturated heterocycles. The first-order chi connectivity index (χ1) is 7.86. The van der Waals surface area contributed by atoms with E-state index in [1.54, 1.807) is 29.5 Å². The summed E-state index contributed by atoms with van der Waals surface area (Å²) in [6.45, 7) is 2.07. The molecule has 96 valence electrons. The van der Waals surface area contributed by atoms with Crippen molar-refractivity contribution in [3.05, 3.63) is 26.3 Å². The highest BCUT2D eigenvalue weighted by atomic mass is 127. The van der Waals surface area contributed by atoms with Crippen LogP contribution in [0.2, 0.25) is 5.02 Å². The molecule has 0 aliphatic rings. The molecule has 0 aromatic heterocycles. The van der Waals surface area contributed by atoms with Crippen LogP contribution in [-0.2, 0) is 10.9 Å². The number of hydrogen-bond acceptors (Lipinski definition) is 2. The van der Waals surface area contributed by atoms with Crippen molar-refractivity contribution in [2.24, 2.45) is 0 Å². The maximum Gasteiger partial charge on any atom is 0.417 e. The van der Waals surface area contributed by atoms with E-state index in [1.807, 2.05) is 0 Å². The van der Waals surface area contributed by atoms with Crippen LogP contribution in [-0.4, -0.2) is 13.4 Å². The largest absolute Gasteiger partial charge is 0.466 e. The van der Waals surface area contributed by atoms with Gasteiger partial charge in [0.25, 0.3) is 0 Å². The summed E-state index contributed by atoms with van der Waals surface area (Å²) in [5.41, 5.74) is -0.808. The van der Waals surface area contributed by atoms with Gasteiger partial charge in [-0.2, -0.15) is 13.2 Å². The van der Waals surface area contributed by atoms with Gasteiger partial charge < -0.3 is 9.47 Å². The van der Waals surface area contributed by atoms with Crippen molar-refractivity contribution in [1.29, 1.82) is 0 Å². The van der Waals surface area contributed by atoms with Gasteiger partial charge in [0, 0.05) is 17.7 Å². The zero-order chi connectivity index (χ0) is 13.1. The maximum absolute atomic E-state index is 12.6. The van der Waals surface area contributed by atoms with Gasteiger partial charge in [0.15, 0.2) is 6.79 Å². The summed E-state index contributed by atoms with van der Waals surface area (Å²) in [5.74, 6) is 0.0684. The van der Waals surface area contributed by atoms with E-state index in [4.69, 9.17) is 21.1 Å². The van der Waals surface area contributed by atoms with Gasteiger partial charge >= 0.3 is 6.18 Å². The number of ether oxygens (including phenoxy) is 2. The highest BCUT2D eigenvalue weighted by Crippen LogP contribution is 2.39. The molecule has 1 rings (SSSR count). The van der Waals surface area contributed by atoms with E-state index < -0.39 is 11.7 Å². The average molecular weight is 381 g/mol. The topological polar surface area (TPSA) is 18.5 Å². The lowest BCUT2D eigenvalue weighted by molar-refractivity contribution is -0.138. The molecule has 0 aliphatic heterocycles. The lowest BCUT2D eigenvalue weighted by atomic mass is 10.2. The summed E-state index contributed by atoms with van der Waals surface area (Å²) in [5, 5.41) is -0.0239. The molecule has 0 aliphatic carbocycles. The zero-order valence-corrected chi connectivity index (χ0v) is 11.7. The van der Waals surface area contributed by atoms with Gasteiger partial charge in [0.05, 0.1) is 9.13 Å². The second-order valence-electron chi connectivity index (χ2n) is 3.02. The normalized spacial score (nSPS) is 11.6. The third-order valence-corrected chi connectivity index (χ3v) is 3.14. The summed E-state index contributed by atoms with van der Waals surface area (Å²) < 4.78 is 47.9.